The molecular weight excluding hydrogens is 110 g/mol. The smallest absolute Gasteiger partial charge is 0.0359 e. The van der Waals surface area contributed by atoms with Gasteiger partial charge in [0.2, 0.25) is 0 Å². The van der Waals surface area contributed by atoms with E-state index in [0.717, 1.165) is 13.1 Å². The molecule has 0 unspecified atom stereocenters. The Morgan fingerprint density at radius 1 is 1.67 bits per heavy atom. The van der Waals surface area contributed by atoms with Crippen molar-refractivity contribution < 1.29 is 0 Å². The molecule has 1 aliphatic rings. The van der Waals surface area contributed by atoms with E-state index in [1.807, 2.05) is 0 Å². The van der Waals surface area contributed by atoms with Crippen molar-refractivity contribution in [1.29, 1.82) is 0 Å². The van der Waals surface area contributed by atoms with Gasteiger partial charge in [-0.15, -0.1) is 0 Å². The third-order valence-corrected chi connectivity index (χ3v) is 1.68. The van der Waals surface area contributed by atoms with Crippen LogP contribution in [0.4, 0.5) is 0 Å². The van der Waals surface area contributed by atoms with Crippen molar-refractivity contribution in [2.45, 2.75) is 13.8 Å². The Balaban J connectivity index is 2.59. The second-order valence-corrected chi connectivity index (χ2v) is 2.27. The Kier molecular flexibility index (Phi) is 1.93. The summed E-state index contributed by atoms with van der Waals surface area (Å²) in [5, 5.41) is 0. The van der Waals surface area contributed by atoms with E-state index < -0.39 is 0 Å². The molecule has 0 saturated heterocycles. The lowest BCUT2D eigenvalue weighted by Crippen LogP contribution is -2.22. The van der Waals surface area contributed by atoms with Crippen LogP contribution in [0.3, 0.4) is 0 Å². The minimum Gasteiger partial charge on any atom is -0.372 e. The maximum Gasteiger partial charge on any atom is 0.0359 e. The van der Waals surface area contributed by atoms with Gasteiger partial charge in [0.25, 0.3) is 0 Å². The molecule has 9 heavy (non-hydrogen) atoms. The highest BCUT2D eigenvalue weighted by atomic mass is 15.1. The highest BCUT2D eigenvalue weighted by Gasteiger charge is 2.00. The fraction of sp³-hybridized carbons (Fsp3) is 0.500. The quantitative estimate of drug-likeness (QED) is 0.513. The normalized spacial score (nSPS) is 18.0. The largest absolute Gasteiger partial charge is 0.372 e. The van der Waals surface area contributed by atoms with Crippen molar-refractivity contribution in [3.8, 4) is 0 Å². The molecule has 0 atom stereocenters. The van der Waals surface area contributed by atoms with Gasteiger partial charge in [0.15, 0.2) is 0 Å². The topological polar surface area (TPSA) is 3.24 Å². The number of rotatable bonds is 1. The van der Waals surface area contributed by atoms with Crippen LogP contribution in [0.15, 0.2) is 23.9 Å². The van der Waals surface area contributed by atoms with Crippen LogP contribution < -0.4 is 0 Å². The first-order valence-corrected chi connectivity index (χ1v) is 3.43. The Bertz CT molecular complexity index is 145. The molecule has 0 bridgehead atoms. The van der Waals surface area contributed by atoms with E-state index >= 15 is 0 Å². The summed E-state index contributed by atoms with van der Waals surface area (Å²) in [6, 6.07) is 0. The lowest BCUT2D eigenvalue weighted by molar-refractivity contribution is 0.398. The van der Waals surface area contributed by atoms with Gasteiger partial charge in [-0.3, -0.25) is 0 Å². The molecule has 0 aromatic carbocycles. The molecule has 1 rings (SSSR count). The number of allylic oxidation sites excluding steroid dienone is 3. The average Bonchev–Trinajstić information content (AvgIpc) is 1.89. The van der Waals surface area contributed by atoms with E-state index in [9.17, 15) is 0 Å². The minimum atomic E-state index is 1.08. The molecule has 0 radical (unpaired) electrons. The number of likely N-dealkylation sites (N-methyl/N-ethyl adjacent to an activating group) is 1. The number of hydrogen-bond donors (Lipinski definition) is 0. The van der Waals surface area contributed by atoms with Crippen LogP contribution in [0.1, 0.15) is 13.8 Å². The van der Waals surface area contributed by atoms with E-state index in [4.69, 9.17) is 0 Å². The minimum absolute atomic E-state index is 1.08. The van der Waals surface area contributed by atoms with Gasteiger partial charge in [-0.25, -0.2) is 0 Å². The number of nitrogens with zero attached hydrogens (tertiary/aromatic N) is 1. The van der Waals surface area contributed by atoms with Crippen molar-refractivity contribution in [3.63, 3.8) is 0 Å². The van der Waals surface area contributed by atoms with Crippen LogP contribution in [0.25, 0.3) is 0 Å². The summed E-state index contributed by atoms with van der Waals surface area (Å²) < 4.78 is 0. The molecule has 0 saturated carbocycles. The SMILES string of the molecule is CCN1CC=CC=C1C. The van der Waals surface area contributed by atoms with E-state index in [0.29, 0.717) is 0 Å². The molecule has 0 aromatic heterocycles. The van der Waals surface area contributed by atoms with Crippen molar-refractivity contribution in [3.05, 3.63) is 23.9 Å². The number of hydrogen-bond acceptors (Lipinski definition) is 1. The van der Waals surface area contributed by atoms with E-state index in [1.54, 1.807) is 0 Å². The van der Waals surface area contributed by atoms with E-state index in [1.165, 1.54) is 5.70 Å². The molecule has 1 aliphatic heterocycles. The van der Waals surface area contributed by atoms with Crippen LogP contribution in [0, 0.1) is 0 Å². The molecule has 0 aromatic rings. The zero-order valence-electron chi connectivity index (χ0n) is 6.09. The monoisotopic (exact) mass is 123 g/mol. The van der Waals surface area contributed by atoms with Crippen molar-refractivity contribution in [2.24, 2.45) is 0 Å². The highest BCUT2D eigenvalue weighted by Crippen LogP contribution is 2.06. The van der Waals surface area contributed by atoms with Gasteiger partial charge in [0, 0.05) is 18.8 Å². The maximum atomic E-state index is 2.33. The van der Waals surface area contributed by atoms with Gasteiger partial charge in [0.1, 0.15) is 0 Å². The molecule has 0 N–H and O–H groups in total. The highest BCUT2D eigenvalue weighted by molar-refractivity contribution is 5.15. The fourth-order valence-corrected chi connectivity index (χ4v) is 1.02. The van der Waals surface area contributed by atoms with Gasteiger partial charge in [0.05, 0.1) is 0 Å². The average molecular weight is 123 g/mol. The second kappa shape index (κ2) is 2.72. The first kappa shape index (κ1) is 6.40. The van der Waals surface area contributed by atoms with E-state index in [2.05, 4.69) is 37.0 Å². The summed E-state index contributed by atoms with van der Waals surface area (Å²) >= 11 is 0. The van der Waals surface area contributed by atoms with Gasteiger partial charge >= 0.3 is 0 Å². The maximum absolute atomic E-state index is 2.33. The molecule has 0 amide bonds. The Morgan fingerprint density at radius 3 is 2.89 bits per heavy atom. The van der Waals surface area contributed by atoms with Crippen molar-refractivity contribution in [2.75, 3.05) is 13.1 Å². The van der Waals surface area contributed by atoms with Crippen molar-refractivity contribution in [1.82, 2.24) is 4.90 Å². The van der Waals surface area contributed by atoms with Gasteiger partial charge in [-0.1, -0.05) is 12.2 Å². The van der Waals surface area contributed by atoms with Crippen LogP contribution in [0.5, 0.6) is 0 Å². The zero-order chi connectivity index (χ0) is 6.69. The summed E-state index contributed by atoms with van der Waals surface area (Å²) in [6.07, 6.45) is 6.44. The van der Waals surface area contributed by atoms with Crippen molar-refractivity contribution >= 4 is 0 Å². The predicted molar refractivity (Wildman–Crippen MR) is 40.1 cm³/mol. The summed E-state index contributed by atoms with van der Waals surface area (Å²) in [5.74, 6) is 0. The summed E-state index contributed by atoms with van der Waals surface area (Å²) in [7, 11) is 0. The lowest BCUT2D eigenvalue weighted by atomic mass is 10.2. The van der Waals surface area contributed by atoms with Gasteiger partial charge in [-0.2, -0.15) is 0 Å². The summed E-state index contributed by atoms with van der Waals surface area (Å²) in [5.41, 5.74) is 1.38. The van der Waals surface area contributed by atoms with Crippen LogP contribution in [0.2, 0.25) is 0 Å². The molecule has 0 fully saturated rings. The van der Waals surface area contributed by atoms with E-state index in [-0.39, 0.29) is 0 Å². The fourth-order valence-electron chi connectivity index (χ4n) is 1.02. The standard InChI is InChI=1S/C8H13N/c1-3-9-7-5-4-6-8(9)2/h4-6H,3,7H2,1-2H3. The molecule has 1 heteroatoms. The Morgan fingerprint density at radius 2 is 2.44 bits per heavy atom. The Labute approximate surface area is 56.7 Å². The summed E-state index contributed by atoms with van der Waals surface area (Å²) in [6.45, 7) is 6.52. The summed E-state index contributed by atoms with van der Waals surface area (Å²) in [4.78, 5) is 2.33. The van der Waals surface area contributed by atoms with Crippen LogP contribution in [-0.4, -0.2) is 18.0 Å². The molecule has 1 heterocycles. The molecular formula is C8H13N. The van der Waals surface area contributed by atoms with Crippen LogP contribution in [-0.2, 0) is 0 Å². The second-order valence-electron chi connectivity index (χ2n) is 2.27. The molecule has 0 spiro atoms. The van der Waals surface area contributed by atoms with Gasteiger partial charge < -0.3 is 4.90 Å². The Hall–Kier alpha value is -0.720. The predicted octanol–water partition coefficient (Wildman–Crippen LogP) is 1.78. The molecule has 1 nitrogen and oxygen atoms in total. The molecule has 0 aliphatic carbocycles. The first-order valence-electron chi connectivity index (χ1n) is 3.43. The lowest BCUT2D eigenvalue weighted by Gasteiger charge is -2.23. The van der Waals surface area contributed by atoms with Crippen LogP contribution >= 0.6 is 0 Å². The zero-order valence-corrected chi connectivity index (χ0v) is 6.09. The van der Waals surface area contributed by atoms with Gasteiger partial charge in [-0.05, 0) is 19.9 Å². The first-order chi connectivity index (χ1) is 4.34. The molecule has 50 valence electrons. The third kappa shape index (κ3) is 1.35. The third-order valence-electron chi connectivity index (χ3n) is 1.68.